The zero-order valence-electron chi connectivity index (χ0n) is 16.2. The van der Waals surface area contributed by atoms with Crippen molar-refractivity contribution in [2.24, 2.45) is 0 Å². The van der Waals surface area contributed by atoms with Crippen LogP contribution in [0.3, 0.4) is 0 Å². The van der Waals surface area contributed by atoms with Crippen LogP contribution in [0.2, 0.25) is 5.02 Å². The second-order valence-corrected chi connectivity index (χ2v) is 7.63. The fraction of sp³-hybridized carbons (Fsp3) is 0.550. The van der Waals surface area contributed by atoms with E-state index in [0.717, 1.165) is 19.3 Å². The van der Waals surface area contributed by atoms with Gasteiger partial charge in [0.1, 0.15) is 5.54 Å². The number of carbonyl (C=O) groups excluding carboxylic acids is 2. The van der Waals surface area contributed by atoms with E-state index in [4.69, 9.17) is 11.6 Å². The average molecular weight is 391 g/mol. The number of amides is 2. The van der Waals surface area contributed by atoms with Crippen molar-refractivity contribution in [1.82, 2.24) is 9.80 Å². The topological polar surface area (TPSA) is 76.4 Å². The molecule has 2 rings (SSSR count). The number of hydrogen-bond donors (Lipinski definition) is 1. The predicted octanol–water partition coefficient (Wildman–Crippen LogP) is 3.28. The van der Waals surface area contributed by atoms with Crippen LogP contribution >= 0.6 is 11.6 Å². The van der Waals surface area contributed by atoms with Crippen molar-refractivity contribution in [3.8, 4) is 6.07 Å². The number of halogens is 1. The highest BCUT2D eigenvalue weighted by Gasteiger charge is 2.40. The van der Waals surface area contributed by atoms with Crippen LogP contribution in [0.25, 0.3) is 0 Å². The zero-order chi connectivity index (χ0) is 20.0. The van der Waals surface area contributed by atoms with Gasteiger partial charge in [-0.15, -0.1) is 0 Å². The van der Waals surface area contributed by atoms with E-state index in [-0.39, 0.29) is 18.4 Å². The number of nitrogens with one attached hydrogen (secondary N) is 1. The van der Waals surface area contributed by atoms with Crippen LogP contribution in [-0.4, -0.2) is 53.8 Å². The molecule has 0 radical (unpaired) electrons. The van der Waals surface area contributed by atoms with Gasteiger partial charge in [0.2, 0.25) is 11.8 Å². The van der Waals surface area contributed by atoms with E-state index in [9.17, 15) is 14.9 Å². The van der Waals surface area contributed by atoms with Gasteiger partial charge >= 0.3 is 0 Å². The molecule has 1 fully saturated rings. The van der Waals surface area contributed by atoms with E-state index in [1.165, 1.54) is 0 Å². The number of likely N-dealkylation sites (N-methyl/N-ethyl adjacent to an activating group) is 2. The molecule has 1 aliphatic carbocycles. The Labute approximate surface area is 166 Å². The summed E-state index contributed by atoms with van der Waals surface area (Å²) in [5.74, 6) is -0.396. The second-order valence-electron chi connectivity index (χ2n) is 7.22. The number of hydrogen-bond acceptors (Lipinski definition) is 4. The summed E-state index contributed by atoms with van der Waals surface area (Å²) in [7, 11) is 3.42. The standard InChI is InChI=1S/C20H27ClN4O2/c1-15(19(27)25(3)20(14-22)11-7-4-8-12-20)24(2)13-18(26)23-17-10-6-5-9-16(17)21/h5-6,9-10,15H,4,7-8,11-13H2,1-3H3,(H,23,26)/t15-/m0/s1. The maximum atomic E-state index is 12.9. The van der Waals surface area contributed by atoms with Crippen molar-refractivity contribution in [3.63, 3.8) is 0 Å². The number of nitriles is 1. The maximum Gasteiger partial charge on any atom is 0.240 e. The Balaban J connectivity index is 1.98. The van der Waals surface area contributed by atoms with Gasteiger partial charge in [-0.2, -0.15) is 5.26 Å². The Bertz CT molecular complexity index is 725. The Morgan fingerprint density at radius 1 is 1.26 bits per heavy atom. The van der Waals surface area contributed by atoms with Crippen molar-refractivity contribution in [2.75, 3.05) is 26.0 Å². The molecule has 2 amide bonds. The first-order valence-corrected chi connectivity index (χ1v) is 9.62. The molecular weight excluding hydrogens is 364 g/mol. The van der Waals surface area contributed by atoms with E-state index >= 15 is 0 Å². The Hall–Kier alpha value is -2.10. The highest BCUT2D eigenvalue weighted by Crippen LogP contribution is 2.33. The van der Waals surface area contributed by atoms with E-state index in [1.54, 1.807) is 55.1 Å². The van der Waals surface area contributed by atoms with Crippen LogP contribution in [0.15, 0.2) is 24.3 Å². The SMILES string of the molecule is C[C@@H](C(=O)N(C)C1(C#N)CCCCC1)N(C)CC(=O)Nc1ccccc1Cl. The van der Waals surface area contributed by atoms with E-state index < -0.39 is 11.6 Å². The molecule has 1 aromatic carbocycles. The lowest BCUT2D eigenvalue weighted by atomic mass is 9.81. The maximum absolute atomic E-state index is 12.9. The molecule has 1 aromatic rings. The summed E-state index contributed by atoms with van der Waals surface area (Å²) in [6.07, 6.45) is 4.42. The molecular formula is C20H27ClN4O2. The first kappa shape index (κ1) is 21.2. The number of benzene rings is 1. The highest BCUT2D eigenvalue weighted by atomic mass is 35.5. The molecule has 1 saturated carbocycles. The van der Waals surface area contributed by atoms with Gasteiger partial charge in [0.05, 0.1) is 29.4 Å². The minimum atomic E-state index is -0.732. The lowest BCUT2D eigenvalue weighted by Gasteiger charge is -2.41. The molecule has 0 heterocycles. The summed E-state index contributed by atoms with van der Waals surface area (Å²) < 4.78 is 0. The van der Waals surface area contributed by atoms with E-state index in [1.807, 2.05) is 0 Å². The van der Waals surface area contributed by atoms with Crippen LogP contribution in [-0.2, 0) is 9.59 Å². The molecule has 1 N–H and O–H groups in total. The number of carbonyl (C=O) groups is 2. The smallest absolute Gasteiger partial charge is 0.240 e. The predicted molar refractivity (Wildman–Crippen MR) is 106 cm³/mol. The van der Waals surface area contributed by atoms with Crippen molar-refractivity contribution in [3.05, 3.63) is 29.3 Å². The molecule has 0 aromatic heterocycles. The number of anilines is 1. The van der Waals surface area contributed by atoms with Crippen LogP contribution in [0.5, 0.6) is 0 Å². The molecule has 0 saturated heterocycles. The Morgan fingerprint density at radius 3 is 2.48 bits per heavy atom. The first-order valence-electron chi connectivity index (χ1n) is 9.24. The van der Waals surface area contributed by atoms with Crippen LogP contribution in [0.1, 0.15) is 39.0 Å². The second kappa shape index (κ2) is 9.20. The molecule has 1 aliphatic rings. The minimum Gasteiger partial charge on any atom is -0.326 e. The fourth-order valence-corrected chi connectivity index (χ4v) is 3.64. The third-order valence-electron chi connectivity index (χ3n) is 5.42. The molecule has 0 unspecified atom stereocenters. The summed E-state index contributed by atoms with van der Waals surface area (Å²) in [5, 5.41) is 12.9. The van der Waals surface area contributed by atoms with Gasteiger partial charge in [-0.3, -0.25) is 14.5 Å². The summed E-state index contributed by atoms with van der Waals surface area (Å²) in [4.78, 5) is 28.5. The van der Waals surface area contributed by atoms with E-state index in [2.05, 4.69) is 11.4 Å². The minimum absolute atomic E-state index is 0.0471. The Morgan fingerprint density at radius 2 is 1.89 bits per heavy atom. The van der Waals surface area contributed by atoms with Gasteiger partial charge in [0, 0.05) is 7.05 Å². The van der Waals surface area contributed by atoms with Crippen LogP contribution in [0, 0.1) is 11.3 Å². The quantitative estimate of drug-likeness (QED) is 0.808. The third kappa shape index (κ3) is 5.00. The lowest BCUT2D eigenvalue weighted by molar-refractivity contribution is -0.140. The third-order valence-corrected chi connectivity index (χ3v) is 5.75. The van der Waals surface area contributed by atoms with Gasteiger partial charge < -0.3 is 10.2 Å². The van der Waals surface area contributed by atoms with Crippen molar-refractivity contribution in [1.29, 1.82) is 5.26 Å². The van der Waals surface area contributed by atoms with Gasteiger partial charge in [-0.05, 0) is 38.9 Å². The van der Waals surface area contributed by atoms with Gasteiger partial charge in [0.25, 0.3) is 0 Å². The molecule has 146 valence electrons. The molecule has 27 heavy (non-hydrogen) atoms. The molecule has 6 nitrogen and oxygen atoms in total. The van der Waals surface area contributed by atoms with Crippen LogP contribution in [0.4, 0.5) is 5.69 Å². The van der Waals surface area contributed by atoms with Gasteiger partial charge in [-0.1, -0.05) is 43.0 Å². The summed E-state index contributed by atoms with van der Waals surface area (Å²) in [5.41, 5.74) is -0.191. The van der Waals surface area contributed by atoms with Crippen molar-refractivity contribution in [2.45, 2.75) is 50.6 Å². The lowest BCUT2D eigenvalue weighted by Crippen LogP contribution is -2.55. The fourth-order valence-electron chi connectivity index (χ4n) is 3.45. The average Bonchev–Trinajstić information content (AvgIpc) is 2.68. The largest absolute Gasteiger partial charge is 0.326 e. The highest BCUT2D eigenvalue weighted by molar-refractivity contribution is 6.33. The molecule has 0 spiro atoms. The molecule has 0 aliphatic heterocycles. The number of para-hydroxylation sites is 1. The van der Waals surface area contributed by atoms with E-state index in [0.29, 0.717) is 23.6 Å². The summed E-state index contributed by atoms with van der Waals surface area (Å²) >= 11 is 6.06. The van der Waals surface area contributed by atoms with Crippen LogP contribution < -0.4 is 5.32 Å². The molecule has 0 bridgehead atoms. The first-order chi connectivity index (χ1) is 12.8. The monoisotopic (exact) mass is 390 g/mol. The van der Waals surface area contributed by atoms with Crippen molar-refractivity contribution >= 4 is 29.1 Å². The van der Waals surface area contributed by atoms with Crippen molar-refractivity contribution < 1.29 is 9.59 Å². The van der Waals surface area contributed by atoms with Gasteiger partial charge in [0.15, 0.2) is 0 Å². The van der Waals surface area contributed by atoms with Gasteiger partial charge in [-0.25, -0.2) is 0 Å². The molecule has 7 heteroatoms. The Kier molecular flexibility index (Phi) is 7.23. The molecule has 1 atom stereocenters. The zero-order valence-corrected chi connectivity index (χ0v) is 16.9. The number of rotatable bonds is 6. The summed E-state index contributed by atoms with van der Waals surface area (Å²) in [6.45, 7) is 1.81. The number of nitrogens with zero attached hydrogens (tertiary/aromatic N) is 3. The normalized spacial score (nSPS) is 17.0. The summed E-state index contributed by atoms with van der Waals surface area (Å²) in [6, 6.07) is 8.85.